The highest BCUT2D eigenvalue weighted by Crippen LogP contribution is 2.33. The van der Waals surface area contributed by atoms with Crippen LogP contribution in [0.3, 0.4) is 0 Å². The first-order valence-electron chi connectivity index (χ1n) is 7.90. The van der Waals surface area contributed by atoms with Gasteiger partial charge in [0, 0.05) is 9.13 Å². The normalized spacial score (nSPS) is 15.2. The van der Waals surface area contributed by atoms with Crippen molar-refractivity contribution in [3.8, 4) is 5.75 Å². The molecule has 2 aromatic rings. The number of rotatable bonds is 4. The van der Waals surface area contributed by atoms with Crippen molar-refractivity contribution in [3.05, 3.63) is 59.2 Å². The predicted molar refractivity (Wildman–Crippen MR) is 125 cm³/mol. The maximum atomic E-state index is 13.0. The van der Waals surface area contributed by atoms with Gasteiger partial charge in [-0.2, -0.15) is 10.1 Å². The minimum absolute atomic E-state index is 0.0916. The zero-order valence-electron chi connectivity index (χ0n) is 14.7. The van der Waals surface area contributed by atoms with Gasteiger partial charge in [0.25, 0.3) is 5.91 Å². The zero-order valence-corrected chi connectivity index (χ0v) is 19.7. The van der Waals surface area contributed by atoms with E-state index < -0.39 is 5.97 Å². The second kappa shape index (κ2) is 8.37. The fraction of sp³-hybridized carbons (Fsp3) is 0.105. The summed E-state index contributed by atoms with van der Waals surface area (Å²) < 4.78 is 7.42. The largest absolute Gasteiger partial charge is 0.495 e. The van der Waals surface area contributed by atoms with Crippen LogP contribution in [0.2, 0.25) is 5.02 Å². The van der Waals surface area contributed by atoms with E-state index in [0.717, 1.165) is 12.7 Å². The highest BCUT2D eigenvalue weighted by atomic mass is 127. The minimum Gasteiger partial charge on any atom is -0.495 e. The number of hydrogen-bond donors (Lipinski definition) is 1. The van der Waals surface area contributed by atoms with Crippen LogP contribution in [-0.2, 0) is 4.79 Å². The lowest BCUT2D eigenvalue weighted by Crippen LogP contribution is -2.21. The molecular formula is C19H13ClI2N2O4. The molecule has 0 aliphatic carbocycles. The third-order valence-electron chi connectivity index (χ3n) is 4.03. The van der Waals surface area contributed by atoms with Crippen LogP contribution < -0.4 is 9.75 Å². The van der Waals surface area contributed by atoms with E-state index in [-0.39, 0.29) is 16.5 Å². The van der Waals surface area contributed by atoms with E-state index in [4.69, 9.17) is 16.3 Å². The summed E-state index contributed by atoms with van der Waals surface area (Å²) in [6, 6.07) is 8.22. The summed E-state index contributed by atoms with van der Waals surface area (Å²) in [5.41, 5.74) is 1.93. The molecule has 3 rings (SSSR count). The van der Waals surface area contributed by atoms with Crippen molar-refractivity contribution in [1.29, 1.82) is 0 Å². The van der Waals surface area contributed by atoms with Gasteiger partial charge in [-0.1, -0.05) is 11.6 Å². The third-order valence-corrected chi connectivity index (χ3v) is 5.78. The van der Waals surface area contributed by atoms with Crippen molar-refractivity contribution in [2.75, 3.05) is 12.1 Å². The molecule has 144 valence electrons. The van der Waals surface area contributed by atoms with Gasteiger partial charge in [-0.25, -0.2) is 4.79 Å². The maximum Gasteiger partial charge on any atom is 0.337 e. The number of benzene rings is 2. The number of carbonyl (C=O) groups is 2. The molecule has 1 amide bonds. The Morgan fingerprint density at radius 2 is 2.00 bits per heavy atom. The van der Waals surface area contributed by atoms with Gasteiger partial charge in [0.1, 0.15) is 5.75 Å². The summed E-state index contributed by atoms with van der Waals surface area (Å²) in [7, 11) is 1.58. The molecule has 28 heavy (non-hydrogen) atoms. The van der Waals surface area contributed by atoms with Crippen molar-refractivity contribution in [1.82, 2.24) is 0 Å². The monoisotopic (exact) mass is 622 g/mol. The summed E-state index contributed by atoms with van der Waals surface area (Å²) in [5, 5.41) is 14.8. The Hall–Kier alpha value is -1.66. The van der Waals surface area contributed by atoms with Crippen molar-refractivity contribution < 1.29 is 19.4 Å². The molecule has 0 radical (unpaired) electrons. The molecule has 0 fully saturated rings. The summed E-state index contributed by atoms with van der Waals surface area (Å²) >= 11 is 10.3. The van der Waals surface area contributed by atoms with Crippen LogP contribution in [0.5, 0.6) is 5.75 Å². The molecule has 1 aliphatic heterocycles. The van der Waals surface area contributed by atoms with Crippen LogP contribution >= 0.6 is 56.8 Å². The van der Waals surface area contributed by atoms with Gasteiger partial charge in [-0.05, 0) is 88.5 Å². The molecule has 1 heterocycles. The number of amides is 1. The predicted octanol–water partition coefficient (Wildman–Crippen LogP) is 5.06. The minimum atomic E-state index is -1.17. The number of hydrazone groups is 1. The van der Waals surface area contributed by atoms with Crippen molar-refractivity contribution in [3.63, 3.8) is 0 Å². The van der Waals surface area contributed by atoms with Gasteiger partial charge in [0.2, 0.25) is 0 Å². The number of nitrogens with zero attached hydrogens (tertiary/aromatic N) is 2. The van der Waals surface area contributed by atoms with Crippen LogP contribution in [0, 0.1) is 7.14 Å². The molecule has 0 aromatic heterocycles. The number of carbonyl (C=O) groups excluding carboxylic acids is 1. The lowest BCUT2D eigenvalue weighted by molar-refractivity contribution is -0.114. The first-order valence-corrected chi connectivity index (χ1v) is 10.4. The molecule has 0 unspecified atom stereocenters. The molecular weight excluding hydrogens is 609 g/mol. The molecule has 0 bridgehead atoms. The molecule has 0 saturated heterocycles. The van der Waals surface area contributed by atoms with Crippen LogP contribution in [0.25, 0.3) is 6.08 Å². The second-order valence-corrected chi connectivity index (χ2v) is 8.65. The van der Waals surface area contributed by atoms with E-state index >= 15 is 0 Å². The van der Waals surface area contributed by atoms with E-state index in [0.29, 0.717) is 22.7 Å². The van der Waals surface area contributed by atoms with E-state index in [1.807, 2.05) is 12.1 Å². The molecule has 0 spiro atoms. The number of aromatic carboxylic acids is 1. The molecule has 1 aliphatic rings. The number of halogens is 3. The standard InChI is InChI=1S/C19H13ClI2N2O4/c1-9-13(6-10-5-11(21)7-16(22)17(10)28-2)18(25)24(23-9)12-3-4-15(20)14(8-12)19(26)27/h3-8H,1-2H3,(H,26,27). The summed E-state index contributed by atoms with van der Waals surface area (Å²) in [6.07, 6.45) is 1.73. The van der Waals surface area contributed by atoms with Gasteiger partial charge >= 0.3 is 5.97 Å². The van der Waals surface area contributed by atoms with E-state index in [1.54, 1.807) is 26.2 Å². The van der Waals surface area contributed by atoms with Crippen LogP contribution in [-0.4, -0.2) is 29.8 Å². The molecule has 6 nitrogen and oxygen atoms in total. The fourth-order valence-corrected chi connectivity index (χ4v) is 5.03. The van der Waals surface area contributed by atoms with Crippen LogP contribution in [0.4, 0.5) is 5.69 Å². The molecule has 9 heteroatoms. The van der Waals surface area contributed by atoms with Gasteiger partial charge < -0.3 is 9.84 Å². The Morgan fingerprint density at radius 1 is 1.29 bits per heavy atom. The van der Waals surface area contributed by atoms with E-state index in [2.05, 4.69) is 50.3 Å². The van der Waals surface area contributed by atoms with Crippen LogP contribution in [0.15, 0.2) is 41.0 Å². The zero-order chi connectivity index (χ0) is 20.6. The van der Waals surface area contributed by atoms with Crippen molar-refractivity contribution >= 4 is 86.1 Å². The Kier molecular flexibility index (Phi) is 6.30. The fourth-order valence-electron chi connectivity index (χ4n) is 2.73. The smallest absolute Gasteiger partial charge is 0.337 e. The highest BCUT2D eigenvalue weighted by molar-refractivity contribution is 14.1. The topological polar surface area (TPSA) is 79.2 Å². The molecule has 1 N–H and O–H groups in total. The molecule has 0 atom stereocenters. The van der Waals surface area contributed by atoms with Crippen molar-refractivity contribution in [2.24, 2.45) is 5.10 Å². The van der Waals surface area contributed by atoms with Gasteiger partial charge in [-0.3, -0.25) is 4.79 Å². The number of carboxylic acid groups (broad SMARTS) is 1. The number of hydrogen-bond acceptors (Lipinski definition) is 4. The summed E-state index contributed by atoms with van der Waals surface area (Å²) in [6.45, 7) is 1.73. The number of anilines is 1. The molecule has 2 aromatic carbocycles. The number of carboxylic acids is 1. The maximum absolute atomic E-state index is 13.0. The SMILES string of the molecule is COc1c(I)cc(I)cc1C=C1C(=O)N(c2ccc(Cl)c(C(=O)O)c2)N=C1C. The Labute approximate surface area is 193 Å². The van der Waals surface area contributed by atoms with E-state index in [1.165, 1.54) is 17.1 Å². The lowest BCUT2D eigenvalue weighted by Gasteiger charge is -2.13. The van der Waals surface area contributed by atoms with Crippen LogP contribution in [0.1, 0.15) is 22.8 Å². The average Bonchev–Trinajstić information content (AvgIpc) is 2.90. The Morgan fingerprint density at radius 3 is 2.64 bits per heavy atom. The average molecular weight is 623 g/mol. The van der Waals surface area contributed by atoms with Crippen molar-refractivity contribution in [2.45, 2.75) is 6.92 Å². The van der Waals surface area contributed by atoms with Gasteiger partial charge in [0.15, 0.2) is 0 Å². The van der Waals surface area contributed by atoms with Gasteiger partial charge in [-0.15, -0.1) is 0 Å². The Bertz CT molecular complexity index is 1070. The highest BCUT2D eigenvalue weighted by Gasteiger charge is 2.30. The lowest BCUT2D eigenvalue weighted by atomic mass is 10.1. The first kappa shape index (κ1) is 21.1. The summed E-state index contributed by atoms with van der Waals surface area (Å²) in [4.78, 5) is 24.3. The molecule has 0 saturated carbocycles. The van der Waals surface area contributed by atoms with E-state index in [9.17, 15) is 14.7 Å². The van der Waals surface area contributed by atoms with Gasteiger partial charge in [0.05, 0.1) is 38.2 Å². The number of methoxy groups -OCH3 is 1. The quantitative estimate of drug-likeness (QED) is 0.382. The summed E-state index contributed by atoms with van der Waals surface area (Å²) in [5.74, 6) is -0.854. The second-order valence-electron chi connectivity index (χ2n) is 5.84. The Balaban J connectivity index is 2.04. The number of ether oxygens (including phenoxy) is 1. The third kappa shape index (κ3) is 4.03. The first-order chi connectivity index (χ1) is 13.2.